The molecule has 0 amide bonds. The van der Waals surface area contributed by atoms with Gasteiger partial charge in [0.2, 0.25) is 0 Å². The van der Waals surface area contributed by atoms with Crippen molar-refractivity contribution in [3.63, 3.8) is 0 Å². The summed E-state index contributed by atoms with van der Waals surface area (Å²) in [6.45, 7) is 0.585. The molecule has 2 nitrogen and oxygen atoms in total. The van der Waals surface area contributed by atoms with Gasteiger partial charge in [-0.05, 0) is 17.7 Å². The highest BCUT2D eigenvalue weighted by molar-refractivity contribution is 5.16. The zero-order chi connectivity index (χ0) is 9.10. The number of aromatic nitrogens is 2. The largest absolute Gasteiger partial charge is 0.268 e. The summed E-state index contributed by atoms with van der Waals surface area (Å²) >= 11 is 0. The summed E-state index contributed by atoms with van der Waals surface area (Å²) < 4.78 is 14.5. The summed E-state index contributed by atoms with van der Waals surface area (Å²) in [5.41, 5.74) is 0.900. The van der Waals surface area contributed by atoms with Crippen molar-refractivity contribution in [3.05, 3.63) is 54.1 Å². The third-order valence-electron chi connectivity index (χ3n) is 1.74. The first kappa shape index (κ1) is 7.98. The Morgan fingerprint density at radius 1 is 1.46 bits per heavy atom. The van der Waals surface area contributed by atoms with Crippen LogP contribution >= 0.6 is 0 Å². The van der Waals surface area contributed by atoms with Gasteiger partial charge in [0.1, 0.15) is 5.82 Å². The van der Waals surface area contributed by atoms with Crippen molar-refractivity contribution in [2.24, 2.45) is 0 Å². The van der Waals surface area contributed by atoms with E-state index in [0.717, 1.165) is 5.56 Å². The van der Waals surface area contributed by atoms with Crippen molar-refractivity contribution in [2.45, 2.75) is 6.54 Å². The van der Waals surface area contributed by atoms with E-state index < -0.39 is 0 Å². The lowest BCUT2D eigenvalue weighted by Gasteiger charge is -2.00. The van der Waals surface area contributed by atoms with Gasteiger partial charge in [0, 0.05) is 12.3 Å². The van der Waals surface area contributed by atoms with E-state index in [1.807, 2.05) is 6.07 Å². The lowest BCUT2D eigenvalue weighted by molar-refractivity contribution is 0.619. The molecule has 1 aromatic carbocycles. The van der Waals surface area contributed by atoms with Crippen molar-refractivity contribution in [1.82, 2.24) is 9.78 Å². The van der Waals surface area contributed by atoms with Gasteiger partial charge in [-0.1, -0.05) is 12.1 Å². The predicted molar refractivity (Wildman–Crippen MR) is 46.6 cm³/mol. The number of hydrogen-bond acceptors (Lipinski definition) is 1. The highest BCUT2D eigenvalue weighted by Gasteiger charge is 1.96. The van der Waals surface area contributed by atoms with Crippen LogP contribution in [0.4, 0.5) is 4.39 Å². The van der Waals surface area contributed by atoms with E-state index in [0.29, 0.717) is 6.54 Å². The Morgan fingerprint density at radius 3 is 3.08 bits per heavy atom. The van der Waals surface area contributed by atoms with Crippen LogP contribution < -0.4 is 0 Å². The molecule has 1 heterocycles. The molecule has 0 aliphatic carbocycles. The topological polar surface area (TPSA) is 17.8 Å². The fraction of sp³-hybridized carbons (Fsp3) is 0.100. The molecule has 2 aromatic rings. The molecule has 3 heteroatoms. The zero-order valence-corrected chi connectivity index (χ0v) is 6.94. The number of rotatable bonds is 2. The molecule has 2 rings (SSSR count). The van der Waals surface area contributed by atoms with Crippen LogP contribution in [-0.2, 0) is 6.54 Å². The fourth-order valence-electron chi connectivity index (χ4n) is 1.17. The van der Waals surface area contributed by atoms with Crippen LogP contribution in [0.5, 0.6) is 0 Å². The van der Waals surface area contributed by atoms with Crippen molar-refractivity contribution in [3.8, 4) is 0 Å². The third kappa shape index (κ3) is 1.93. The highest BCUT2D eigenvalue weighted by atomic mass is 19.1. The number of hydrogen-bond donors (Lipinski definition) is 0. The molecule has 65 valence electrons. The molecule has 1 aromatic heterocycles. The first-order chi connectivity index (χ1) is 6.34. The average Bonchev–Trinajstić information content (AvgIpc) is 2.57. The van der Waals surface area contributed by atoms with Gasteiger partial charge in [0.25, 0.3) is 0 Å². The zero-order valence-electron chi connectivity index (χ0n) is 6.94. The van der Waals surface area contributed by atoms with Crippen LogP contribution in [0.2, 0.25) is 0 Å². The molecule has 13 heavy (non-hydrogen) atoms. The second-order valence-electron chi connectivity index (χ2n) is 2.77. The van der Waals surface area contributed by atoms with Gasteiger partial charge < -0.3 is 0 Å². The molecule has 0 unspecified atom stereocenters. The minimum atomic E-state index is -0.214. The molecule has 0 aliphatic rings. The molecule has 1 radical (unpaired) electrons. The van der Waals surface area contributed by atoms with Gasteiger partial charge >= 0.3 is 0 Å². The number of nitrogens with zero attached hydrogens (tertiary/aromatic N) is 2. The monoisotopic (exact) mass is 175 g/mol. The summed E-state index contributed by atoms with van der Waals surface area (Å²) in [7, 11) is 0. The summed E-state index contributed by atoms with van der Waals surface area (Å²) in [6, 6.07) is 9.31. The quantitative estimate of drug-likeness (QED) is 0.681. The molecule has 0 saturated heterocycles. The highest BCUT2D eigenvalue weighted by Crippen LogP contribution is 2.04. The molecule has 0 bridgehead atoms. The molecule has 0 N–H and O–H groups in total. The van der Waals surface area contributed by atoms with Crippen LogP contribution in [0.25, 0.3) is 0 Å². The minimum Gasteiger partial charge on any atom is -0.268 e. The second-order valence-corrected chi connectivity index (χ2v) is 2.77. The van der Waals surface area contributed by atoms with E-state index >= 15 is 0 Å². The van der Waals surface area contributed by atoms with Crippen molar-refractivity contribution >= 4 is 0 Å². The van der Waals surface area contributed by atoms with Crippen molar-refractivity contribution < 1.29 is 4.39 Å². The summed E-state index contributed by atoms with van der Waals surface area (Å²) in [4.78, 5) is 0. The molecule has 0 atom stereocenters. The molecule has 0 spiro atoms. The standard InChI is InChI=1S/C10H8FN2/c11-10-4-1-3-9(7-10)8-13-6-2-5-12-13/h1,3-7H,8H2. The molecule has 0 aliphatic heterocycles. The number of benzene rings is 1. The lowest BCUT2D eigenvalue weighted by Crippen LogP contribution is -1.99. The van der Waals surface area contributed by atoms with Crippen LogP contribution in [0.3, 0.4) is 0 Å². The van der Waals surface area contributed by atoms with Crippen LogP contribution in [-0.4, -0.2) is 9.78 Å². The maximum absolute atomic E-state index is 12.8. The summed E-state index contributed by atoms with van der Waals surface area (Å²) in [5, 5.41) is 3.98. The lowest BCUT2D eigenvalue weighted by atomic mass is 10.2. The molecular formula is C10H8FN2. The molecule has 0 saturated carbocycles. The van der Waals surface area contributed by atoms with E-state index in [1.54, 1.807) is 23.1 Å². The first-order valence-electron chi connectivity index (χ1n) is 3.97. The Kier molecular flexibility index (Phi) is 2.08. The Labute approximate surface area is 75.6 Å². The second kappa shape index (κ2) is 3.39. The maximum Gasteiger partial charge on any atom is 0.123 e. The number of halogens is 1. The van der Waals surface area contributed by atoms with Gasteiger partial charge in [-0.3, -0.25) is 4.68 Å². The Morgan fingerprint density at radius 2 is 2.38 bits per heavy atom. The van der Waals surface area contributed by atoms with Crippen LogP contribution in [0.15, 0.2) is 36.7 Å². The normalized spacial score (nSPS) is 10.2. The average molecular weight is 175 g/mol. The van der Waals surface area contributed by atoms with E-state index in [9.17, 15) is 4.39 Å². The van der Waals surface area contributed by atoms with Gasteiger partial charge in [0.05, 0.1) is 12.7 Å². The Bertz CT molecular complexity index is 382. The third-order valence-corrected chi connectivity index (χ3v) is 1.74. The minimum absolute atomic E-state index is 0.214. The van der Waals surface area contributed by atoms with Crippen LogP contribution in [0, 0.1) is 11.9 Å². The molecular weight excluding hydrogens is 167 g/mol. The van der Waals surface area contributed by atoms with E-state index in [-0.39, 0.29) is 5.82 Å². The van der Waals surface area contributed by atoms with E-state index in [4.69, 9.17) is 0 Å². The Hall–Kier alpha value is -1.64. The molecule has 0 fully saturated rings. The van der Waals surface area contributed by atoms with Gasteiger partial charge in [0.15, 0.2) is 0 Å². The summed E-state index contributed by atoms with van der Waals surface area (Å²) in [5.74, 6) is -0.214. The van der Waals surface area contributed by atoms with Crippen molar-refractivity contribution in [2.75, 3.05) is 0 Å². The first-order valence-corrected chi connectivity index (χ1v) is 3.97. The van der Waals surface area contributed by atoms with Crippen LogP contribution in [0.1, 0.15) is 5.56 Å². The van der Waals surface area contributed by atoms with Gasteiger partial charge in [-0.25, -0.2) is 4.39 Å². The van der Waals surface area contributed by atoms with E-state index in [1.165, 1.54) is 12.1 Å². The predicted octanol–water partition coefficient (Wildman–Crippen LogP) is 1.87. The fourth-order valence-corrected chi connectivity index (χ4v) is 1.17. The van der Waals surface area contributed by atoms with E-state index in [2.05, 4.69) is 11.2 Å². The maximum atomic E-state index is 12.8. The van der Waals surface area contributed by atoms with Gasteiger partial charge in [-0.2, -0.15) is 5.10 Å². The Balaban J connectivity index is 2.19. The smallest absolute Gasteiger partial charge is 0.123 e. The summed E-state index contributed by atoms with van der Waals surface area (Å²) in [6.07, 6.45) is 3.31. The van der Waals surface area contributed by atoms with Crippen molar-refractivity contribution in [1.29, 1.82) is 0 Å². The SMILES string of the molecule is Fc1cccc(Cn2c[c]cn2)c1. The van der Waals surface area contributed by atoms with Gasteiger partial charge in [-0.15, -0.1) is 0 Å².